The van der Waals surface area contributed by atoms with E-state index in [9.17, 15) is 22.9 Å². The largest absolute Gasteiger partial charge is 1.00 e. The predicted octanol–water partition coefficient (Wildman–Crippen LogP) is -3.90. The Morgan fingerprint density at radius 1 is 1.25 bits per heavy atom. The van der Waals surface area contributed by atoms with Crippen LogP contribution in [-0.4, -0.2) is 24.7 Å². The summed E-state index contributed by atoms with van der Waals surface area (Å²) in [6.45, 7) is 6.30. The van der Waals surface area contributed by atoms with Gasteiger partial charge in [0.25, 0.3) is 0 Å². The number of aryl methyl sites for hydroxylation is 1. The Hall–Kier alpha value is -0.205. The van der Waals surface area contributed by atoms with Crippen LogP contribution in [0.5, 0.6) is 0 Å². The van der Waals surface area contributed by atoms with Crippen molar-refractivity contribution < 1.29 is 60.6 Å². The maximum atomic E-state index is 12.1. The molecule has 1 fully saturated rings. The normalized spacial score (nSPS) is 29.1. The van der Waals surface area contributed by atoms with Gasteiger partial charge in [-0.3, -0.25) is 0 Å². The van der Waals surface area contributed by atoms with Crippen molar-refractivity contribution in [3.63, 3.8) is 0 Å². The Morgan fingerprint density at radius 3 is 2.43 bits per heavy atom. The summed E-state index contributed by atoms with van der Waals surface area (Å²) in [5, 5.41) is 12.1. The van der Waals surface area contributed by atoms with Crippen LogP contribution >= 0.6 is 0 Å². The summed E-state index contributed by atoms with van der Waals surface area (Å²) in [4.78, 5) is 12.1. The first-order valence-corrected chi connectivity index (χ1v) is 10.9. The average molecular weight is 392 g/mol. The molecule has 0 aliphatic heterocycles. The van der Waals surface area contributed by atoms with Crippen molar-refractivity contribution in [2.75, 3.05) is 5.75 Å². The molecule has 0 N–H and O–H groups in total. The zero-order valence-corrected chi connectivity index (χ0v) is 18.4. The summed E-state index contributed by atoms with van der Waals surface area (Å²) in [6, 6.07) is 6.35. The van der Waals surface area contributed by atoms with Gasteiger partial charge >= 0.3 is 37.7 Å². The molecule has 5 nitrogen and oxygen atoms in total. The molecule has 28 heavy (non-hydrogen) atoms. The number of hydrogen-bond acceptors (Lipinski definition) is 5. The third kappa shape index (κ3) is 4.44. The second kappa shape index (κ2) is 8.89. The van der Waals surface area contributed by atoms with Crippen molar-refractivity contribution >= 4 is 16.1 Å². The number of aliphatic carboxylic acids is 1. The minimum atomic E-state index is -4.67. The molecule has 0 heterocycles. The topological polar surface area (TPSA) is 97.3 Å². The number of carbonyl (C=O) groups is 1. The number of hydrogen-bond donors (Lipinski definition) is 0. The number of benzene rings is 1. The summed E-state index contributed by atoms with van der Waals surface area (Å²) >= 11 is 0. The maximum Gasteiger partial charge on any atom is 1.00 e. The van der Waals surface area contributed by atoms with Gasteiger partial charge < -0.3 is 14.5 Å². The molecule has 2 aliphatic carbocycles. The number of carboxylic acid groups (broad SMARTS) is 1. The van der Waals surface area contributed by atoms with Gasteiger partial charge in [0.15, 0.2) is 0 Å². The molecule has 0 bridgehead atoms. The van der Waals surface area contributed by atoms with Gasteiger partial charge in [-0.2, -0.15) is 0 Å². The zero-order valence-electron chi connectivity index (χ0n) is 17.6. The van der Waals surface area contributed by atoms with E-state index in [2.05, 4.69) is 32.0 Å². The van der Waals surface area contributed by atoms with Crippen LogP contribution in [0, 0.1) is 11.3 Å². The zero-order chi connectivity index (χ0) is 19.3. The molecular weight excluding hydrogens is 366 g/mol. The van der Waals surface area contributed by atoms with Crippen molar-refractivity contribution in [1.29, 1.82) is 0 Å². The number of carbonyl (C=O) groups excluding carboxylic acids is 1. The van der Waals surface area contributed by atoms with Crippen LogP contribution in [0.25, 0.3) is 0 Å². The minimum Gasteiger partial charge on any atom is -0.748 e. The molecule has 3 atom stereocenters. The van der Waals surface area contributed by atoms with Crippen LogP contribution in [0.4, 0.5) is 0 Å². The number of rotatable bonds is 4. The standard InChI is InChI=1S/C20H28O5S.2Li/c1-13(2)14-5-7-16-15(11-14)6-8-17-19(16,3)9-4-10-20(17,18(21)22)12-26(23,24)25;;/h5,7,11,13,17H,4,6,8-10,12H2,1-3H3,(H,21,22)(H,23,24,25);;/q;2*+1/p-2/t17-,19-,20-;;/m1../s1. The van der Waals surface area contributed by atoms with E-state index in [0.717, 1.165) is 12.0 Å². The van der Waals surface area contributed by atoms with Crippen LogP contribution in [-0.2, 0) is 26.7 Å². The van der Waals surface area contributed by atoms with E-state index < -0.39 is 38.6 Å². The fourth-order valence-electron chi connectivity index (χ4n) is 5.47. The quantitative estimate of drug-likeness (QED) is 0.386. The SMILES string of the molecule is CC(C)c1ccc2c(c1)CC[C@H]1[C@@](CS(=O)(=O)[O-])(C(=O)[O-])CCC[C@]21C.[Li+].[Li+]. The Labute approximate surface area is 192 Å². The van der Waals surface area contributed by atoms with E-state index in [1.165, 1.54) is 11.1 Å². The van der Waals surface area contributed by atoms with Crippen molar-refractivity contribution in [1.82, 2.24) is 0 Å². The summed E-state index contributed by atoms with van der Waals surface area (Å²) in [5.41, 5.74) is 1.52. The first-order valence-electron chi connectivity index (χ1n) is 9.28. The van der Waals surface area contributed by atoms with Gasteiger partial charge in [0.2, 0.25) is 0 Å². The van der Waals surface area contributed by atoms with Gasteiger partial charge in [-0.15, -0.1) is 0 Å². The fraction of sp³-hybridized carbons (Fsp3) is 0.650. The first kappa shape index (κ1) is 25.8. The number of fused-ring (bicyclic) bond motifs is 3. The van der Waals surface area contributed by atoms with Crippen molar-refractivity contribution in [3.8, 4) is 0 Å². The van der Waals surface area contributed by atoms with Gasteiger partial charge in [-0.05, 0) is 59.6 Å². The molecule has 3 rings (SSSR count). The Kier molecular flexibility index (Phi) is 8.20. The molecule has 8 heteroatoms. The van der Waals surface area contributed by atoms with E-state index in [-0.39, 0.29) is 44.1 Å². The summed E-state index contributed by atoms with van der Waals surface area (Å²) in [6.07, 6.45) is 2.82. The monoisotopic (exact) mass is 392 g/mol. The molecule has 2 aliphatic rings. The molecule has 0 amide bonds. The molecular formula is C20H26Li2O5S. The van der Waals surface area contributed by atoms with E-state index >= 15 is 0 Å². The van der Waals surface area contributed by atoms with Gasteiger partial charge in [0, 0.05) is 17.1 Å². The molecule has 1 aromatic carbocycles. The van der Waals surface area contributed by atoms with Crippen LogP contribution in [0.1, 0.15) is 69.1 Å². The van der Waals surface area contributed by atoms with Crippen LogP contribution in [0.3, 0.4) is 0 Å². The predicted molar refractivity (Wildman–Crippen MR) is 95.5 cm³/mol. The van der Waals surface area contributed by atoms with E-state index in [4.69, 9.17) is 0 Å². The second-order valence-corrected chi connectivity index (χ2v) is 9.98. The third-order valence-electron chi connectivity index (χ3n) is 6.71. The van der Waals surface area contributed by atoms with Gasteiger partial charge in [0.05, 0.1) is 10.1 Å². The van der Waals surface area contributed by atoms with Crippen molar-refractivity contribution in [2.24, 2.45) is 11.3 Å². The Bertz CT molecular complexity index is 839. The summed E-state index contributed by atoms with van der Waals surface area (Å²) in [7, 11) is -4.67. The molecule has 0 radical (unpaired) electrons. The maximum absolute atomic E-state index is 12.1. The average Bonchev–Trinajstić information content (AvgIpc) is 2.52. The van der Waals surface area contributed by atoms with Gasteiger partial charge in [-0.1, -0.05) is 45.4 Å². The molecule has 1 aromatic rings. The molecule has 0 aromatic heterocycles. The Morgan fingerprint density at radius 2 is 1.89 bits per heavy atom. The van der Waals surface area contributed by atoms with Crippen molar-refractivity contribution in [3.05, 3.63) is 34.9 Å². The van der Waals surface area contributed by atoms with E-state index in [1.807, 2.05) is 6.92 Å². The van der Waals surface area contributed by atoms with Gasteiger partial charge in [-0.25, -0.2) is 8.42 Å². The fourth-order valence-corrected chi connectivity index (χ4v) is 6.57. The first-order chi connectivity index (χ1) is 12.0. The molecule has 0 unspecified atom stereocenters. The van der Waals surface area contributed by atoms with E-state index in [0.29, 0.717) is 25.2 Å². The third-order valence-corrected chi connectivity index (χ3v) is 7.58. The van der Waals surface area contributed by atoms with Gasteiger partial charge in [0.1, 0.15) is 0 Å². The molecule has 144 valence electrons. The van der Waals surface area contributed by atoms with Crippen LogP contribution in [0.15, 0.2) is 18.2 Å². The summed E-state index contributed by atoms with van der Waals surface area (Å²) < 4.78 is 34.5. The van der Waals surface area contributed by atoms with Crippen LogP contribution in [0.2, 0.25) is 0 Å². The number of carboxylic acids is 1. The summed E-state index contributed by atoms with van der Waals surface area (Å²) in [5.74, 6) is -2.27. The Balaban J connectivity index is 0.00000196. The smallest absolute Gasteiger partial charge is 0.748 e. The molecule has 0 spiro atoms. The minimum absolute atomic E-state index is 0. The second-order valence-electron chi connectivity index (χ2n) is 8.58. The molecule has 0 saturated heterocycles. The molecule has 1 saturated carbocycles. The van der Waals surface area contributed by atoms with E-state index in [1.54, 1.807) is 0 Å². The van der Waals surface area contributed by atoms with Crippen LogP contribution < -0.4 is 42.8 Å². The van der Waals surface area contributed by atoms with Crippen molar-refractivity contribution in [2.45, 2.75) is 64.2 Å².